The van der Waals surface area contributed by atoms with E-state index >= 15 is 0 Å². The van der Waals surface area contributed by atoms with E-state index in [4.69, 9.17) is 14.9 Å². The molecule has 2 N–H and O–H groups in total. The van der Waals surface area contributed by atoms with Gasteiger partial charge in [0, 0.05) is 38.4 Å². The molecular weight excluding hydrogens is 216 g/mol. The molecule has 6 nitrogen and oxygen atoms in total. The van der Waals surface area contributed by atoms with Crippen LogP contribution in [0.5, 0.6) is 0 Å². The van der Waals surface area contributed by atoms with E-state index in [0.29, 0.717) is 26.1 Å². The minimum Gasteiger partial charge on any atom is -0.478 e. The number of carboxylic acid groups (broad SMARTS) is 1. The van der Waals surface area contributed by atoms with Gasteiger partial charge in [0.1, 0.15) is 0 Å². The normalized spacial score (nSPS) is 10.6. The standard InChI is InChI=1S/C10H16O6/c11-5-1-6-15-7-2-8-16-10(14)4-3-9(12)13/h3-4,11H,1-2,5-8H2,(H,12,13)/b4-3-. The minimum absolute atomic E-state index is 0.0922. The summed E-state index contributed by atoms with van der Waals surface area (Å²) in [6, 6.07) is 0. The number of rotatable bonds is 9. The highest BCUT2D eigenvalue weighted by Crippen LogP contribution is 1.89. The van der Waals surface area contributed by atoms with Crippen molar-refractivity contribution in [3.8, 4) is 0 Å². The Kier molecular flexibility index (Phi) is 9.24. The summed E-state index contributed by atoms with van der Waals surface area (Å²) >= 11 is 0. The van der Waals surface area contributed by atoms with Crippen molar-refractivity contribution >= 4 is 11.9 Å². The number of aliphatic carboxylic acids is 1. The average molecular weight is 232 g/mol. The van der Waals surface area contributed by atoms with E-state index in [1.54, 1.807) is 0 Å². The second-order valence-corrected chi connectivity index (χ2v) is 2.88. The number of hydrogen-bond donors (Lipinski definition) is 2. The number of aliphatic hydroxyl groups is 1. The van der Waals surface area contributed by atoms with Crippen molar-refractivity contribution in [2.45, 2.75) is 12.8 Å². The van der Waals surface area contributed by atoms with Crippen molar-refractivity contribution in [1.29, 1.82) is 0 Å². The molecule has 0 aliphatic carbocycles. The maximum Gasteiger partial charge on any atom is 0.331 e. The van der Waals surface area contributed by atoms with E-state index in [1.165, 1.54) is 0 Å². The van der Waals surface area contributed by atoms with Crippen LogP contribution in [-0.2, 0) is 19.1 Å². The Hall–Kier alpha value is -1.40. The summed E-state index contributed by atoms with van der Waals surface area (Å²) in [6.07, 6.45) is 2.70. The second-order valence-electron chi connectivity index (χ2n) is 2.88. The molecule has 0 fully saturated rings. The molecule has 92 valence electrons. The Morgan fingerprint density at radius 2 is 1.75 bits per heavy atom. The van der Waals surface area contributed by atoms with Crippen molar-refractivity contribution < 1.29 is 29.3 Å². The first-order chi connectivity index (χ1) is 7.66. The van der Waals surface area contributed by atoms with E-state index in [-0.39, 0.29) is 13.2 Å². The van der Waals surface area contributed by atoms with Crippen molar-refractivity contribution in [1.82, 2.24) is 0 Å². The second kappa shape index (κ2) is 10.1. The van der Waals surface area contributed by atoms with Gasteiger partial charge >= 0.3 is 11.9 Å². The molecule has 0 spiro atoms. The minimum atomic E-state index is -1.19. The topological polar surface area (TPSA) is 93.1 Å². The highest BCUT2D eigenvalue weighted by Gasteiger charge is 1.98. The fourth-order valence-corrected chi connectivity index (χ4v) is 0.790. The summed E-state index contributed by atoms with van der Waals surface area (Å²) in [6.45, 7) is 1.19. The fourth-order valence-electron chi connectivity index (χ4n) is 0.790. The third-order valence-corrected chi connectivity index (χ3v) is 1.49. The predicted molar refractivity (Wildman–Crippen MR) is 54.9 cm³/mol. The highest BCUT2D eigenvalue weighted by molar-refractivity contribution is 5.90. The van der Waals surface area contributed by atoms with Crippen molar-refractivity contribution in [2.75, 3.05) is 26.4 Å². The molecule has 0 amide bonds. The highest BCUT2D eigenvalue weighted by atomic mass is 16.5. The molecule has 16 heavy (non-hydrogen) atoms. The van der Waals surface area contributed by atoms with Crippen LogP contribution in [0, 0.1) is 0 Å². The van der Waals surface area contributed by atoms with E-state index in [1.807, 2.05) is 0 Å². The fraction of sp³-hybridized carbons (Fsp3) is 0.600. The Morgan fingerprint density at radius 3 is 2.38 bits per heavy atom. The van der Waals surface area contributed by atoms with Crippen LogP contribution in [0.15, 0.2) is 12.2 Å². The summed E-state index contributed by atoms with van der Waals surface area (Å²) in [4.78, 5) is 20.9. The molecule has 0 aliphatic rings. The maximum absolute atomic E-state index is 10.8. The van der Waals surface area contributed by atoms with Gasteiger partial charge in [0.15, 0.2) is 0 Å². The number of carbonyl (C=O) groups is 2. The summed E-state index contributed by atoms with van der Waals surface area (Å²) in [5, 5.41) is 16.7. The van der Waals surface area contributed by atoms with Crippen LogP contribution in [0.4, 0.5) is 0 Å². The lowest BCUT2D eigenvalue weighted by Gasteiger charge is -2.03. The Balaban J connectivity index is 3.31. The molecule has 0 aromatic carbocycles. The molecule has 0 aromatic rings. The van der Waals surface area contributed by atoms with Gasteiger partial charge in [-0.15, -0.1) is 0 Å². The molecule has 0 heterocycles. The molecule has 0 aliphatic heterocycles. The van der Waals surface area contributed by atoms with Crippen LogP contribution in [-0.4, -0.2) is 48.6 Å². The van der Waals surface area contributed by atoms with Gasteiger partial charge in [0.25, 0.3) is 0 Å². The molecule has 0 radical (unpaired) electrons. The lowest BCUT2D eigenvalue weighted by atomic mass is 10.4. The first-order valence-electron chi connectivity index (χ1n) is 4.93. The SMILES string of the molecule is O=C(O)/C=C\C(=O)OCCCOCCCO. The zero-order chi connectivity index (χ0) is 12.2. The van der Waals surface area contributed by atoms with E-state index in [2.05, 4.69) is 4.74 Å². The zero-order valence-corrected chi connectivity index (χ0v) is 8.92. The first kappa shape index (κ1) is 14.6. The number of carbonyl (C=O) groups excluding carboxylic acids is 1. The van der Waals surface area contributed by atoms with Gasteiger partial charge in [-0.3, -0.25) is 0 Å². The van der Waals surface area contributed by atoms with Gasteiger partial charge in [-0.1, -0.05) is 0 Å². The molecular formula is C10H16O6. The smallest absolute Gasteiger partial charge is 0.331 e. The summed E-state index contributed by atoms with van der Waals surface area (Å²) in [5.74, 6) is -1.87. The Morgan fingerprint density at radius 1 is 1.06 bits per heavy atom. The van der Waals surface area contributed by atoms with Crippen LogP contribution in [0.3, 0.4) is 0 Å². The molecule has 0 saturated carbocycles. The van der Waals surface area contributed by atoms with Crippen molar-refractivity contribution in [2.24, 2.45) is 0 Å². The van der Waals surface area contributed by atoms with E-state index in [0.717, 1.165) is 12.2 Å². The monoisotopic (exact) mass is 232 g/mol. The number of carboxylic acids is 1. The third kappa shape index (κ3) is 10.7. The lowest BCUT2D eigenvalue weighted by Crippen LogP contribution is -2.07. The molecule has 0 saturated heterocycles. The maximum atomic E-state index is 10.8. The summed E-state index contributed by atoms with van der Waals surface area (Å²) in [5.41, 5.74) is 0. The van der Waals surface area contributed by atoms with E-state index in [9.17, 15) is 9.59 Å². The molecule has 0 atom stereocenters. The molecule has 0 aromatic heterocycles. The number of ether oxygens (including phenoxy) is 2. The van der Waals surface area contributed by atoms with Gasteiger partial charge in [0.2, 0.25) is 0 Å². The Bertz CT molecular complexity index is 235. The number of aliphatic hydroxyl groups excluding tert-OH is 1. The van der Waals surface area contributed by atoms with Crippen LogP contribution < -0.4 is 0 Å². The molecule has 0 unspecified atom stereocenters. The van der Waals surface area contributed by atoms with Gasteiger partial charge in [-0.25, -0.2) is 9.59 Å². The predicted octanol–water partition coefficient (Wildman–Crippen LogP) is -0.0405. The van der Waals surface area contributed by atoms with Crippen molar-refractivity contribution in [3.05, 3.63) is 12.2 Å². The van der Waals surface area contributed by atoms with Crippen LogP contribution in [0.1, 0.15) is 12.8 Å². The summed E-state index contributed by atoms with van der Waals surface area (Å²) in [7, 11) is 0. The number of hydrogen-bond acceptors (Lipinski definition) is 5. The average Bonchev–Trinajstić information content (AvgIpc) is 2.25. The Labute approximate surface area is 93.5 Å². The van der Waals surface area contributed by atoms with Gasteiger partial charge in [-0.05, 0) is 6.42 Å². The van der Waals surface area contributed by atoms with Crippen LogP contribution in [0.25, 0.3) is 0 Å². The van der Waals surface area contributed by atoms with Crippen molar-refractivity contribution in [3.63, 3.8) is 0 Å². The summed E-state index contributed by atoms with van der Waals surface area (Å²) < 4.78 is 9.77. The van der Waals surface area contributed by atoms with E-state index < -0.39 is 11.9 Å². The van der Waals surface area contributed by atoms with Gasteiger partial charge < -0.3 is 19.7 Å². The largest absolute Gasteiger partial charge is 0.478 e. The van der Waals surface area contributed by atoms with Crippen LogP contribution in [0.2, 0.25) is 0 Å². The van der Waals surface area contributed by atoms with Gasteiger partial charge in [0.05, 0.1) is 6.61 Å². The quantitative estimate of drug-likeness (QED) is 0.329. The number of esters is 1. The lowest BCUT2D eigenvalue weighted by molar-refractivity contribution is -0.139. The first-order valence-corrected chi connectivity index (χ1v) is 4.93. The van der Waals surface area contributed by atoms with Gasteiger partial charge in [-0.2, -0.15) is 0 Å². The molecule has 0 rings (SSSR count). The molecule has 6 heteroatoms. The third-order valence-electron chi connectivity index (χ3n) is 1.49. The van der Waals surface area contributed by atoms with Crippen LogP contribution >= 0.6 is 0 Å². The molecule has 0 bridgehead atoms. The zero-order valence-electron chi connectivity index (χ0n) is 8.92.